The topological polar surface area (TPSA) is 84.3 Å². The first-order valence-corrected chi connectivity index (χ1v) is 5.91. The number of halogens is 1. The van der Waals surface area contributed by atoms with E-state index in [1.165, 1.54) is 18.2 Å². The lowest BCUT2D eigenvalue weighted by Crippen LogP contribution is -2.36. The second-order valence-corrected chi connectivity index (χ2v) is 4.52. The van der Waals surface area contributed by atoms with Crippen molar-refractivity contribution >= 4 is 23.2 Å². The van der Waals surface area contributed by atoms with E-state index in [9.17, 15) is 14.9 Å². The van der Waals surface area contributed by atoms with Crippen molar-refractivity contribution in [2.75, 3.05) is 13.1 Å². The number of nitrogens with one attached hydrogen (secondary N) is 2. The zero-order valence-corrected chi connectivity index (χ0v) is 10.2. The van der Waals surface area contributed by atoms with Gasteiger partial charge < -0.3 is 10.6 Å². The summed E-state index contributed by atoms with van der Waals surface area (Å²) in [5, 5.41) is 17.0. The SMILES string of the molecule is O=C(N[C@H]1CCNC1)c1cc(Cl)ccc1[N+](=O)[O-]. The number of nitrogens with zero attached hydrogens (tertiary/aromatic N) is 1. The molecule has 1 aromatic carbocycles. The zero-order chi connectivity index (χ0) is 13.1. The third-order valence-electron chi connectivity index (χ3n) is 2.80. The molecule has 18 heavy (non-hydrogen) atoms. The molecule has 1 fully saturated rings. The van der Waals surface area contributed by atoms with Gasteiger partial charge in [0.05, 0.1) is 4.92 Å². The molecule has 7 heteroatoms. The smallest absolute Gasteiger partial charge is 0.282 e. The van der Waals surface area contributed by atoms with Crippen LogP contribution in [0.5, 0.6) is 0 Å². The van der Waals surface area contributed by atoms with E-state index in [1.807, 2.05) is 0 Å². The highest BCUT2D eigenvalue weighted by atomic mass is 35.5. The molecule has 1 saturated heterocycles. The Hall–Kier alpha value is -1.66. The maximum Gasteiger partial charge on any atom is 0.282 e. The van der Waals surface area contributed by atoms with Crippen molar-refractivity contribution in [2.24, 2.45) is 0 Å². The normalized spacial score (nSPS) is 18.6. The Morgan fingerprint density at radius 1 is 1.56 bits per heavy atom. The maximum atomic E-state index is 12.0. The molecule has 0 spiro atoms. The third-order valence-corrected chi connectivity index (χ3v) is 3.03. The van der Waals surface area contributed by atoms with Gasteiger partial charge in [-0.15, -0.1) is 0 Å². The van der Waals surface area contributed by atoms with E-state index in [2.05, 4.69) is 10.6 Å². The molecule has 0 aromatic heterocycles. The molecule has 0 unspecified atom stereocenters. The van der Waals surface area contributed by atoms with Gasteiger partial charge in [-0.05, 0) is 25.1 Å². The predicted octanol–water partition coefficient (Wildman–Crippen LogP) is 1.34. The number of carbonyl (C=O) groups excluding carboxylic acids is 1. The molecule has 96 valence electrons. The lowest BCUT2D eigenvalue weighted by atomic mass is 10.1. The molecule has 0 aliphatic carbocycles. The van der Waals surface area contributed by atoms with Gasteiger partial charge in [-0.25, -0.2) is 0 Å². The van der Waals surface area contributed by atoms with Crippen LogP contribution in [0.1, 0.15) is 16.8 Å². The summed E-state index contributed by atoms with van der Waals surface area (Å²) in [5.74, 6) is -0.460. The number of amides is 1. The average Bonchev–Trinajstić information content (AvgIpc) is 2.81. The van der Waals surface area contributed by atoms with Crippen molar-refractivity contribution in [1.82, 2.24) is 10.6 Å². The van der Waals surface area contributed by atoms with Crippen LogP contribution in [0.3, 0.4) is 0 Å². The van der Waals surface area contributed by atoms with Gasteiger partial charge in [0.15, 0.2) is 0 Å². The summed E-state index contributed by atoms with van der Waals surface area (Å²) < 4.78 is 0. The lowest BCUT2D eigenvalue weighted by molar-refractivity contribution is -0.385. The lowest BCUT2D eigenvalue weighted by Gasteiger charge is -2.11. The van der Waals surface area contributed by atoms with Gasteiger partial charge >= 0.3 is 0 Å². The molecular formula is C11H12ClN3O3. The molecular weight excluding hydrogens is 258 g/mol. The van der Waals surface area contributed by atoms with Crippen LogP contribution in [-0.4, -0.2) is 30.0 Å². The number of nitro benzene ring substituents is 1. The van der Waals surface area contributed by atoms with Crippen molar-refractivity contribution in [1.29, 1.82) is 0 Å². The number of hydrogen-bond acceptors (Lipinski definition) is 4. The maximum absolute atomic E-state index is 12.0. The molecule has 1 aliphatic heterocycles. The molecule has 1 atom stereocenters. The van der Waals surface area contributed by atoms with Crippen LogP contribution in [0.25, 0.3) is 0 Å². The van der Waals surface area contributed by atoms with Crippen molar-refractivity contribution in [2.45, 2.75) is 12.5 Å². The molecule has 1 heterocycles. The monoisotopic (exact) mass is 269 g/mol. The van der Waals surface area contributed by atoms with E-state index in [-0.39, 0.29) is 17.3 Å². The first-order valence-electron chi connectivity index (χ1n) is 5.53. The minimum Gasteiger partial charge on any atom is -0.348 e. The molecule has 6 nitrogen and oxygen atoms in total. The second-order valence-electron chi connectivity index (χ2n) is 4.08. The number of carbonyl (C=O) groups is 1. The first-order chi connectivity index (χ1) is 8.58. The van der Waals surface area contributed by atoms with Crippen LogP contribution < -0.4 is 10.6 Å². The predicted molar refractivity (Wildman–Crippen MR) is 66.8 cm³/mol. The van der Waals surface area contributed by atoms with Gasteiger partial charge in [-0.1, -0.05) is 11.6 Å². The molecule has 0 radical (unpaired) electrons. The summed E-state index contributed by atoms with van der Waals surface area (Å²) in [6.07, 6.45) is 0.820. The number of hydrogen-bond donors (Lipinski definition) is 2. The summed E-state index contributed by atoms with van der Waals surface area (Å²) in [4.78, 5) is 22.2. The quantitative estimate of drug-likeness (QED) is 0.641. The van der Waals surface area contributed by atoms with Crippen molar-refractivity contribution in [3.05, 3.63) is 38.9 Å². The van der Waals surface area contributed by atoms with E-state index in [1.54, 1.807) is 0 Å². The van der Waals surface area contributed by atoms with Crippen molar-refractivity contribution in [3.8, 4) is 0 Å². The summed E-state index contributed by atoms with van der Waals surface area (Å²) in [6, 6.07) is 3.96. The molecule has 1 aliphatic rings. The molecule has 1 aromatic rings. The minimum atomic E-state index is -0.585. The summed E-state index contributed by atoms with van der Waals surface area (Å²) in [7, 11) is 0. The Morgan fingerprint density at radius 2 is 2.33 bits per heavy atom. The van der Waals surface area contributed by atoms with Gasteiger partial charge in [0.2, 0.25) is 0 Å². The highest BCUT2D eigenvalue weighted by molar-refractivity contribution is 6.31. The second kappa shape index (κ2) is 5.32. The largest absolute Gasteiger partial charge is 0.348 e. The van der Waals surface area contributed by atoms with Crippen molar-refractivity contribution in [3.63, 3.8) is 0 Å². The first kappa shape index (κ1) is 12.8. The van der Waals surface area contributed by atoms with E-state index >= 15 is 0 Å². The Kier molecular flexibility index (Phi) is 3.78. The van der Waals surface area contributed by atoms with Crippen LogP contribution in [0.4, 0.5) is 5.69 Å². The fourth-order valence-corrected chi connectivity index (χ4v) is 2.06. The molecule has 1 amide bonds. The van der Waals surface area contributed by atoms with Crippen LogP contribution >= 0.6 is 11.6 Å². The minimum absolute atomic E-state index is 0.000556. The standard InChI is InChI=1S/C11H12ClN3O3/c12-7-1-2-10(15(17)18)9(5-7)11(16)14-8-3-4-13-6-8/h1-2,5,8,13H,3-4,6H2,(H,14,16)/t8-/m0/s1. The molecule has 0 bridgehead atoms. The Labute approximate surface area is 108 Å². The van der Waals surface area contributed by atoms with Gasteiger partial charge in [0.25, 0.3) is 11.6 Å². The Balaban J connectivity index is 2.22. The van der Waals surface area contributed by atoms with E-state index < -0.39 is 10.8 Å². The van der Waals surface area contributed by atoms with E-state index in [0.29, 0.717) is 11.6 Å². The zero-order valence-electron chi connectivity index (χ0n) is 9.48. The van der Waals surface area contributed by atoms with Crippen molar-refractivity contribution < 1.29 is 9.72 Å². The summed E-state index contributed by atoms with van der Waals surface area (Å²) in [6.45, 7) is 1.52. The van der Waals surface area contributed by atoms with Gasteiger partial charge in [-0.2, -0.15) is 0 Å². The van der Waals surface area contributed by atoms with Crippen LogP contribution in [0, 0.1) is 10.1 Å². The molecule has 0 saturated carbocycles. The van der Waals surface area contributed by atoms with Gasteiger partial charge in [0, 0.05) is 23.7 Å². The van der Waals surface area contributed by atoms with Gasteiger partial charge in [-0.3, -0.25) is 14.9 Å². The Bertz CT molecular complexity index is 486. The molecule has 2 N–H and O–H groups in total. The van der Waals surface area contributed by atoms with E-state index in [0.717, 1.165) is 13.0 Å². The highest BCUT2D eigenvalue weighted by Gasteiger charge is 2.23. The number of rotatable bonds is 3. The van der Waals surface area contributed by atoms with Crippen LogP contribution in [0.2, 0.25) is 5.02 Å². The van der Waals surface area contributed by atoms with Crippen LogP contribution in [-0.2, 0) is 0 Å². The third kappa shape index (κ3) is 2.77. The fraction of sp³-hybridized carbons (Fsp3) is 0.364. The molecule has 2 rings (SSSR count). The fourth-order valence-electron chi connectivity index (χ4n) is 1.89. The Morgan fingerprint density at radius 3 is 2.94 bits per heavy atom. The highest BCUT2D eigenvalue weighted by Crippen LogP contribution is 2.22. The van der Waals surface area contributed by atoms with Crippen LogP contribution in [0.15, 0.2) is 18.2 Å². The summed E-state index contributed by atoms with van der Waals surface area (Å²) in [5.41, 5.74) is -0.234. The summed E-state index contributed by atoms with van der Waals surface area (Å²) >= 11 is 5.77. The van der Waals surface area contributed by atoms with E-state index in [4.69, 9.17) is 11.6 Å². The number of benzene rings is 1. The van der Waals surface area contributed by atoms with Gasteiger partial charge in [0.1, 0.15) is 5.56 Å². The average molecular weight is 270 g/mol. The number of nitro groups is 1.